The van der Waals surface area contributed by atoms with E-state index in [1.54, 1.807) is 17.5 Å². The van der Waals surface area contributed by atoms with Crippen molar-refractivity contribution in [3.8, 4) is 0 Å². The van der Waals surface area contributed by atoms with Gasteiger partial charge >= 0.3 is 0 Å². The van der Waals surface area contributed by atoms with Crippen molar-refractivity contribution in [2.75, 3.05) is 18.9 Å². The lowest BCUT2D eigenvalue weighted by Crippen LogP contribution is -2.29. The van der Waals surface area contributed by atoms with E-state index in [0.29, 0.717) is 11.7 Å². The number of anilines is 1. The van der Waals surface area contributed by atoms with Crippen molar-refractivity contribution in [3.05, 3.63) is 46.8 Å². The Labute approximate surface area is 131 Å². The average molecular weight is 317 g/mol. The van der Waals surface area contributed by atoms with Crippen LogP contribution in [0.1, 0.15) is 5.56 Å². The van der Waals surface area contributed by atoms with Gasteiger partial charge in [0.1, 0.15) is 0 Å². The summed E-state index contributed by atoms with van der Waals surface area (Å²) < 4.78 is 1.29. The Bertz CT molecular complexity index is 736. The fourth-order valence-electron chi connectivity index (χ4n) is 2.19. The summed E-state index contributed by atoms with van der Waals surface area (Å²) >= 11 is 3.17. The number of thiazole rings is 1. The first-order chi connectivity index (χ1) is 10.2. The topological polar surface area (TPSA) is 45.2 Å². The number of hydrogen-bond donors (Lipinski definition) is 1. The van der Waals surface area contributed by atoms with Gasteiger partial charge in [0, 0.05) is 22.8 Å². The number of carbonyl (C=O) groups is 1. The summed E-state index contributed by atoms with van der Waals surface area (Å²) in [5.41, 5.74) is 1.26. The summed E-state index contributed by atoms with van der Waals surface area (Å²) in [4.78, 5) is 18.0. The number of hydrogen-bond acceptors (Lipinski definition) is 5. The Kier molecular flexibility index (Phi) is 4.28. The summed E-state index contributed by atoms with van der Waals surface area (Å²) in [7, 11) is 1.95. The number of benzene rings is 1. The molecular formula is C15H15N3OS2. The van der Waals surface area contributed by atoms with Crippen molar-refractivity contribution < 1.29 is 4.79 Å². The largest absolute Gasteiger partial charge is 0.301 e. The molecule has 0 aliphatic carbocycles. The summed E-state index contributed by atoms with van der Waals surface area (Å²) in [6.07, 6.45) is 1.68. The number of fused-ring (bicyclic) bond motifs is 1. The molecule has 0 aliphatic rings. The van der Waals surface area contributed by atoms with Crippen molar-refractivity contribution in [2.45, 2.75) is 6.54 Å². The Hall–Kier alpha value is -1.76. The molecule has 3 aromatic rings. The van der Waals surface area contributed by atoms with Gasteiger partial charge in [-0.1, -0.05) is 18.2 Å². The maximum atomic E-state index is 11.9. The molecular weight excluding hydrogens is 302 g/mol. The summed E-state index contributed by atoms with van der Waals surface area (Å²) in [6, 6.07) is 8.35. The first kappa shape index (κ1) is 14.2. The molecule has 3 rings (SSSR count). The van der Waals surface area contributed by atoms with E-state index in [4.69, 9.17) is 0 Å². The third kappa shape index (κ3) is 3.47. The Morgan fingerprint density at radius 2 is 2.19 bits per heavy atom. The molecule has 4 nitrogen and oxygen atoms in total. The molecule has 2 heterocycles. The lowest BCUT2D eigenvalue weighted by molar-refractivity contribution is -0.117. The fraction of sp³-hybridized carbons (Fsp3) is 0.200. The number of rotatable bonds is 5. The molecule has 0 atom stereocenters. The molecule has 1 aromatic carbocycles. The zero-order chi connectivity index (χ0) is 14.7. The fourth-order valence-corrected chi connectivity index (χ4v) is 3.69. The van der Waals surface area contributed by atoms with E-state index in [1.165, 1.54) is 27.0 Å². The third-order valence-electron chi connectivity index (χ3n) is 3.09. The van der Waals surface area contributed by atoms with Crippen molar-refractivity contribution in [2.24, 2.45) is 0 Å². The molecule has 21 heavy (non-hydrogen) atoms. The monoisotopic (exact) mass is 317 g/mol. The molecule has 0 aliphatic heterocycles. The number of nitrogens with one attached hydrogen (secondary N) is 1. The van der Waals surface area contributed by atoms with E-state index < -0.39 is 0 Å². The highest BCUT2D eigenvalue weighted by atomic mass is 32.1. The summed E-state index contributed by atoms with van der Waals surface area (Å²) in [5, 5.41) is 8.73. The lowest BCUT2D eigenvalue weighted by atomic mass is 10.2. The van der Waals surface area contributed by atoms with Crippen molar-refractivity contribution in [3.63, 3.8) is 0 Å². The number of thiophene rings is 1. The van der Waals surface area contributed by atoms with E-state index in [0.717, 1.165) is 6.54 Å². The minimum Gasteiger partial charge on any atom is -0.301 e. The first-order valence-corrected chi connectivity index (χ1v) is 8.31. The smallest absolute Gasteiger partial charge is 0.240 e. The van der Waals surface area contributed by atoms with Gasteiger partial charge in [0.25, 0.3) is 0 Å². The predicted molar refractivity (Wildman–Crippen MR) is 88.9 cm³/mol. The van der Waals surface area contributed by atoms with Gasteiger partial charge in [-0.25, -0.2) is 4.98 Å². The van der Waals surface area contributed by atoms with Crippen LogP contribution in [-0.4, -0.2) is 29.4 Å². The molecule has 1 amide bonds. The van der Waals surface area contributed by atoms with Gasteiger partial charge in [-0.05, 0) is 29.4 Å². The Balaban J connectivity index is 1.61. The standard InChI is InChI=1S/C15H15N3OS2/c1-18(9-14(19)17-15-16-6-7-20-15)8-11-10-21-13-5-3-2-4-12(11)13/h2-7,10H,8-9H2,1H3,(H,16,17,19). The molecule has 0 spiro atoms. The van der Waals surface area contributed by atoms with Crippen molar-refractivity contribution >= 4 is 43.8 Å². The number of likely N-dealkylation sites (N-methyl/N-ethyl adjacent to an activating group) is 1. The van der Waals surface area contributed by atoms with Crippen LogP contribution < -0.4 is 5.32 Å². The summed E-state index contributed by atoms with van der Waals surface area (Å²) in [5.74, 6) is -0.0352. The van der Waals surface area contributed by atoms with Crippen LogP contribution in [0.25, 0.3) is 10.1 Å². The van der Waals surface area contributed by atoms with E-state index in [9.17, 15) is 4.79 Å². The first-order valence-electron chi connectivity index (χ1n) is 6.55. The minimum atomic E-state index is -0.0352. The van der Waals surface area contributed by atoms with Crippen LogP contribution in [0.3, 0.4) is 0 Å². The molecule has 0 unspecified atom stereocenters. The molecule has 1 N–H and O–H groups in total. The molecule has 0 fully saturated rings. The Morgan fingerprint density at radius 1 is 1.33 bits per heavy atom. The van der Waals surface area contributed by atoms with Crippen LogP contribution in [0.5, 0.6) is 0 Å². The molecule has 2 aromatic heterocycles. The highest BCUT2D eigenvalue weighted by Crippen LogP contribution is 2.26. The van der Waals surface area contributed by atoms with Crippen LogP contribution in [0.2, 0.25) is 0 Å². The normalized spacial score (nSPS) is 11.1. The van der Waals surface area contributed by atoms with Gasteiger partial charge in [0.2, 0.25) is 5.91 Å². The number of nitrogens with zero attached hydrogens (tertiary/aromatic N) is 2. The zero-order valence-electron chi connectivity index (χ0n) is 11.6. The second-order valence-electron chi connectivity index (χ2n) is 4.81. The molecule has 0 saturated heterocycles. The van der Waals surface area contributed by atoms with Gasteiger partial charge in [-0.15, -0.1) is 22.7 Å². The number of aromatic nitrogens is 1. The van der Waals surface area contributed by atoms with Gasteiger partial charge in [-0.2, -0.15) is 0 Å². The van der Waals surface area contributed by atoms with Crippen LogP contribution >= 0.6 is 22.7 Å². The second-order valence-corrected chi connectivity index (χ2v) is 6.62. The highest BCUT2D eigenvalue weighted by Gasteiger charge is 2.11. The average Bonchev–Trinajstić information content (AvgIpc) is 3.09. The van der Waals surface area contributed by atoms with Crippen LogP contribution in [0, 0.1) is 0 Å². The van der Waals surface area contributed by atoms with Crippen molar-refractivity contribution in [1.82, 2.24) is 9.88 Å². The van der Waals surface area contributed by atoms with E-state index in [2.05, 4.69) is 27.8 Å². The Morgan fingerprint density at radius 3 is 3.00 bits per heavy atom. The second kappa shape index (κ2) is 6.34. The third-order valence-corrected chi connectivity index (χ3v) is 4.79. The molecule has 6 heteroatoms. The maximum Gasteiger partial charge on any atom is 0.240 e. The molecule has 0 bridgehead atoms. The van der Waals surface area contributed by atoms with Gasteiger partial charge in [-0.3, -0.25) is 9.69 Å². The van der Waals surface area contributed by atoms with E-state index >= 15 is 0 Å². The molecule has 0 saturated carbocycles. The SMILES string of the molecule is CN(CC(=O)Nc1nccs1)Cc1csc2ccccc12. The summed E-state index contributed by atoms with van der Waals surface area (Å²) in [6.45, 7) is 1.11. The van der Waals surface area contributed by atoms with Gasteiger partial charge in [0.05, 0.1) is 6.54 Å². The van der Waals surface area contributed by atoms with Gasteiger partial charge in [0.15, 0.2) is 5.13 Å². The lowest BCUT2D eigenvalue weighted by Gasteiger charge is -2.15. The minimum absolute atomic E-state index is 0.0352. The zero-order valence-corrected chi connectivity index (χ0v) is 13.2. The molecule has 0 radical (unpaired) electrons. The van der Waals surface area contributed by atoms with Crippen LogP contribution in [0.4, 0.5) is 5.13 Å². The van der Waals surface area contributed by atoms with E-state index in [1.807, 2.05) is 29.5 Å². The van der Waals surface area contributed by atoms with E-state index in [-0.39, 0.29) is 5.91 Å². The maximum absolute atomic E-state index is 11.9. The van der Waals surface area contributed by atoms with Crippen LogP contribution in [-0.2, 0) is 11.3 Å². The number of carbonyl (C=O) groups excluding carboxylic acids is 1. The molecule has 108 valence electrons. The number of amides is 1. The van der Waals surface area contributed by atoms with Crippen molar-refractivity contribution in [1.29, 1.82) is 0 Å². The quantitative estimate of drug-likeness (QED) is 0.784. The van der Waals surface area contributed by atoms with Gasteiger partial charge < -0.3 is 5.32 Å². The predicted octanol–water partition coefficient (Wildman–Crippen LogP) is 3.43. The van der Waals surface area contributed by atoms with Crippen LogP contribution in [0.15, 0.2) is 41.2 Å². The highest BCUT2D eigenvalue weighted by molar-refractivity contribution is 7.17.